The van der Waals surface area contributed by atoms with Gasteiger partial charge in [-0.25, -0.2) is 0 Å². The van der Waals surface area contributed by atoms with Gasteiger partial charge in [0.1, 0.15) is 13.2 Å². The van der Waals surface area contributed by atoms with Crippen LogP contribution in [0.5, 0.6) is 0 Å². The molecule has 0 saturated heterocycles. The maximum absolute atomic E-state index is 12.9. The quantitative estimate of drug-likeness (QED) is 0.0261. The van der Waals surface area contributed by atoms with Crippen LogP contribution < -0.4 is 0 Å². The summed E-state index contributed by atoms with van der Waals surface area (Å²) < 4.78 is 16.9. The van der Waals surface area contributed by atoms with Gasteiger partial charge in [0.2, 0.25) is 0 Å². The molecule has 0 heterocycles. The highest BCUT2D eigenvalue weighted by molar-refractivity contribution is 5.71. The van der Waals surface area contributed by atoms with E-state index in [4.69, 9.17) is 14.2 Å². The zero-order valence-corrected chi connectivity index (χ0v) is 50.6. The van der Waals surface area contributed by atoms with Crippen LogP contribution in [-0.4, -0.2) is 37.2 Å². The first-order chi connectivity index (χ1) is 38.5. The molecule has 0 aromatic rings. The highest BCUT2D eigenvalue weighted by atomic mass is 16.6. The van der Waals surface area contributed by atoms with Crippen molar-refractivity contribution in [3.63, 3.8) is 0 Å². The van der Waals surface area contributed by atoms with E-state index in [1.54, 1.807) is 0 Å². The number of rotatable bonds is 57. The molecular formula is C72H118O6. The first kappa shape index (κ1) is 73.5. The minimum absolute atomic E-state index is 0.0992. The number of unbranched alkanes of at least 4 members (excludes halogenated alkanes) is 24. The summed E-state index contributed by atoms with van der Waals surface area (Å²) in [6, 6.07) is 0. The molecular weight excluding hydrogens is 961 g/mol. The Morgan fingerprint density at radius 2 is 0.500 bits per heavy atom. The van der Waals surface area contributed by atoms with Gasteiger partial charge in [-0.2, -0.15) is 0 Å². The number of carbonyl (C=O) groups excluding carboxylic acids is 3. The van der Waals surface area contributed by atoms with E-state index < -0.39 is 6.10 Å². The van der Waals surface area contributed by atoms with Crippen LogP contribution in [0.1, 0.15) is 284 Å². The second-order valence-corrected chi connectivity index (χ2v) is 20.9. The Morgan fingerprint density at radius 1 is 0.269 bits per heavy atom. The third kappa shape index (κ3) is 62.4. The van der Waals surface area contributed by atoms with Gasteiger partial charge in [0.05, 0.1) is 0 Å². The van der Waals surface area contributed by atoms with Crippen molar-refractivity contribution in [2.75, 3.05) is 13.2 Å². The van der Waals surface area contributed by atoms with Gasteiger partial charge in [-0.15, -0.1) is 0 Å². The molecule has 0 fully saturated rings. The van der Waals surface area contributed by atoms with Crippen molar-refractivity contribution < 1.29 is 28.6 Å². The molecule has 1 unspecified atom stereocenters. The molecule has 0 aliphatic rings. The molecule has 0 radical (unpaired) electrons. The standard InChI is InChI=1S/C72H118O6/c1-4-7-10-13-16-19-22-25-28-30-31-32-33-34-35-36-37-38-39-40-41-42-45-47-50-53-56-59-62-65-71(74)77-68-69(67-76-70(73)64-61-58-55-52-49-46-43-27-24-21-18-15-12-9-6-3)78-72(75)66-63-60-57-54-51-48-44-29-26-23-20-17-14-11-8-5-2/h7,10,16,19-20,23,25,27-29,31-32,34-35,37-38,40-41,43-45,47,69H,4-6,8-9,11-15,17-18,21-22,24,26,30,33,36,39,42,46,48-68H2,1-3H3/b10-7-,19-16-,23-20-,28-25-,32-31-,35-34-,38-37-,41-40-,43-27-,44-29-,47-45-. The molecule has 1 atom stereocenters. The van der Waals surface area contributed by atoms with Crippen LogP contribution in [0.3, 0.4) is 0 Å². The first-order valence-corrected chi connectivity index (χ1v) is 32.2. The summed E-state index contributed by atoms with van der Waals surface area (Å²) in [6.45, 7) is 6.47. The summed E-state index contributed by atoms with van der Waals surface area (Å²) in [4.78, 5) is 38.3. The lowest BCUT2D eigenvalue weighted by molar-refractivity contribution is -0.167. The lowest BCUT2D eigenvalue weighted by atomic mass is 10.1. The fraction of sp³-hybridized carbons (Fsp3) is 0.653. The molecule has 0 rings (SSSR count). The highest BCUT2D eigenvalue weighted by Crippen LogP contribution is 2.14. The summed E-state index contributed by atoms with van der Waals surface area (Å²) in [5.74, 6) is -0.945. The Bertz CT molecular complexity index is 1670. The zero-order chi connectivity index (χ0) is 56.4. The summed E-state index contributed by atoms with van der Waals surface area (Å²) in [5.41, 5.74) is 0. The molecule has 0 bridgehead atoms. The van der Waals surface area contributed by atoms with Gasteiger partial charge in [-0.3, -0.25) is 14.4 Å². The molecule has 0 N–H and O–H groups in total. The third-order valence-electron chi connectivity index (χ3n) is 13.4. The average Bonchev–Trinajstić information content (AvgIpc) is 3.44. The summed E-state index contributed by atoms with van der Waals surface area (Å²) in [7, 11) is 0. The Morgan fingerprint density at radius 3 is 0.808 bits per heavy atom. The Labute approximate surface area is 481 Å². The van der Waals surface area contributed by atoms with Crippen LogP contribution in [-0.2, 0) is 28.6 Å². The van der Waals surface area contributed by atoms with Crippen molar-refractivity contribution in [2.24, 2.45) is 0 Å². The van der Waals surface area contributed by atoms with Crippen LogP contribution in [0.4, 0.5) is 0 Å². The van der Waals surface area contributed by atoms with Crippen molar-refractivity contribution in [2.45, 2.75) is 290 Å². The lowest BCUT2D eigenvalue weighted by Crippen LogP contribution is -2.30. The van der Waals surface area contributed by atoms with E-state index in [0.29, 0.717) is 19.3 Å². The average molecular weight is 1080 g/mol. The molecule has 0 aliphatic heterocycles. The van der Waals surface area contributed by atoms with E-state index in [1.807, 2.05) is 0 Å². The summed E-state index contributed by atoms with van der Waals surface area (Å²) >= 11 is 0. The van der Waals surface area contributed by atoms with Crippen molar-refractivity contribution in [3.8, 4) is 0 Å². The molecule has 442 valence electrons. The highest BCUT2D eigenvalue weighted by Gasteiger charge is 2.19. The molecule has 78 heavy (non-hydrogen) atoms. The molecule has 6 heteroatoms. The van der Waals surface area contributed by atoms with E-state index in [9.17, 15) is 14.4 Å². The molecule has 0 amide bonds. The summed E-state index contributed by atoms with van der Waals surface area (Å²) in [6.07, 6.45) is 91.6. The molecule has 6 nitrogen and oxygen atoms in total. The number of ether oxygens (including phenoxy) is 3. The maximum atomic E-state index is 12.9. The van der Waals surface area contributed by atoms with E-state index in [2.05, 4.69) is 154 Å². The minimum Gasteiger partial charge on any atom is -0.462 e. The summed E-state index contributed by atoms with van der Waals surface area (Å²) in [5, 5.41) is 0. The predicted octanol–water partition coefficient (Wildman–Crippen LogP) is 22.2. The third-order valence-corrected chi connectivity index (χ3v) is 13.4. The van der Waals surface area contributed by atoms with E-state index in [-0.39, 0.29) is 31.1 Å². The minimum atomic E-state index is -0.805. The Hall–Kier alpha value is -4.45. The van der Waals surface area contributed by atoms with Crippen LogP contribution in [0.15, 0.2) is 134 Å². The second-order valence-electron chi connectivity index (χ2n) is 20.9. The Balaban J connectivity index is 4.42. The van der Waals surface area contributed by atoms with Crippen molar-refractivity contribution in [1.82, 2.24) is 0 Å². The van der Waals surface area contributed by atoms with Gasteiger partial charge in [0.25, 0.3) is 0 Å². The van der Waals surface area contributed by atoms with Gasteiger partial charge in [-0.05, 0) is 141 Å². The van der Waals surface area contributed by atoms with Crippen molar-refractivity contribution in [3.05, 3.63) is 134 Å². The zero-order valence-electron chi connectivity index (χ0n) is 50.6. The first-order valence-electron chi connectivity index (χ1n) is 32.2. The lowest BCUT2D eigenvalue weighted by Gasteiger charge is -2.18. The normalized spacial score (nSPS) is 13.0. The molecule has 0 aromatic carbocycles. The number of carbonyl (C=O) groups is 3. The Kier molecular flexibility index (Phi) is 61.4. The number of hydrogen-bond acceptors (Lipinski definition) is 6. The van der Waals surface area contributed by atoms with Crippen molar-refractivity contribution in [1.29, 1.82) is 0 Å². The van der Waals surface area contributed by atoms with Crippen LogP contribution in [0.25, 0.3) is 0 Å². The number of hydrogen-bond donors (Lipinski definition) is 0. The molecule has 0 spiro atoms. The topological polar surface area (TPSA) is 78.9 Å². The van der Waals surface area contributed by atoms with E-state index >= 15 is 0 Å². The maximum Gasteiger partial charge on any atom is 0.306 e. The van der Waals surface area contributed by atoms with Crippen LogP contribution >= 0.6 is 0 Å². The van der Waals surface area contributed by atoms with Crippen LogP contribution in [0, 0.1) is 0 Å². The predicted molar refractivity (Wildman–Crippen MR) is 339 cm³/mol. The van der Waals surface area contributed by atoms with E-state index in [1.165, 1.54) is 83.5 Å². The fourth-order valence-electron chi connectivity index (χ4n) is 8.54. The van der Waals surface area contributed by atoms with Crippen LogP contribution in [0.2, 0.25) is 0 Å². The molecule has 0 saturated carbocycles. The second kappa shape index (κ2) is 65.1. The van der Waals surface area contributed by atoms with Gasteiger partial charge < -0.3 is 14.2 Å². The van der Waals surface area contributed by atoms with Gasteiger partial charge in [0.15, 0.2) is 6.10 Å². The molecule has 0 aromatic heterocycles. The number of esters is 3. The van der Waals surface area contributed by atoms with Gasteiger partial charge in [0, 0.05) is 19.3 Å². The molecule has 0 aliphatic carbocycles. The van der Waals surface area contributed by atoms with Gasteiger partial charge >= 0.3 is 17.9 Å². The van der Waals surface area contributed by atoms with Gasteiger partial charge in [-0.1, -0.05) is 257 Å². The smallest absolute Gasteiger partial charge is 0.306 e. The monoisotopic (exact) mass is 1080 g/mol. The number of allylic oxidation sites excluding steroid dienone is 22. The fourth-order valence-corrected chi connectivity index (χ4v) is 8.54. The van der Waals surface area contributed by atoms with Crippen molar-refractivity contribution >= 4 is 17.9 Å². The largest absolute Gasteiger partial charge is 0.462 e. The SMILES string of the molecule is CC/C=C\C/C=C\C/C=C\C/C=C\C/C=C\C/C=C\C/C=C\C/C=C\CCCCCCC(=O)OCC(COC(=O)CCCCCCC/C=C\CCCCCCCC)OC(=O)CCCCCCC/C=C\C/C=C\CCCCCC. The van der Waals surface area contributed by atoms with E-state index in [0.717, 1.165) is 161 Å².